The summed E-state index contributed by atoms with van der Waals surface area (Å²) in [5.74, 6) is -1.31. The van der Waals surface area contributed by atoms with Crippen molar-refractivity contribution in [2.75, 3.05) is 11.5 Å². The van der Waals surface area contributed by atoms with Crippen LogP contribution in [0.2, 0.25) is 0 Å². The molecule has 1 aliphatic carbocycles. The van der Waals surface area contributed by atoms with E-state index in [0.29, 0.717) is 16.9 Å². The molecule has 2 amide bonds. The second kappa shape index (κ2) is 8.07. The number of nitrogens with two attached hydrogens (primary N) is 2. The van der Waals surface area contributed by atoms with Crippen LogP contribution in [0.5, 0.6) is 5.75 Å². The van der Waals surface area contributed by atoms with Gasteiger partial charge >= 0.3 is 0 Å². The highest BCUT2D eigenvalue weighted by molar-refractivity contribution is 6.23. The molecule has 0 aromatic heterocycles. The van der Waals surface area contributed by atoms with Crippen molar-refractivity contribution in [2.45, 2.75) is 5.41 Å². The van der Waals surface area contributed by atoms with Crippen LogP contribution >= 0.6 is 0 Å². The molecule has 5 aromatic carbocycles. The lowest BCUT2D eigenvalue weighted by Crippen LogP contribution is -2.28. The number of hydrogen-bond donors (Lipinski definition) is 4. The fourth-order valence-electron chi connectivity index (χ4n) is 6.27. The van der Waals surface area contributed by atoms with Gasteiger partial charge in [0.1, 0.15) is 5.75 Å². The smallest absolute Gasteiger partial charge is 0.262 e. The summed E-state index contributed by atoms with van der Waals surface area (Å²) in [5, 5.41) is 13.6. The Bertz CT molecular complexity index is 1790. The van der Waals surface area contributed by atoms with Crippen LogP contribution in [0.25, 0.3) is 22.3 Å². The topological polar surface area (TPSA) is 118 Å². The number of imide groups is 1. The Morgan fingerprint density at radius 3 is 1.77 bits per heavy atom. The maximum atomic E-state index is 12.5. The van der Waals surface area contributed by atoms with E-state index < -0.39 is 17.2 Å². The molecule has 7 rings (SSSR count). The SMILES string of the molecule is Nc1ccc(C2(c3ccc(N)cc3)c3ccccc3-c3c(-c4ccc5c(c4O)C(=O)NC5=O)cccc32)cc1. The number of nitrogen functional groups attached to an aromatic ring is 2. The largest absolute Gasteiger partial charge is 0.506 e. The van der Waals surface area contributed by atoms with Crippen LogP contribution in [0.1, 0.15) is 43.0 Å². The second-order valence-corrected chi connectivity index (χ2v) is 9.94. The van der Waals surface area contributed by atoms with E-state index in [9.17, 15) is 14.7 Å². The molecular weight excluding hydrogens is 486 g/mol. The van der Waals surface area contributed by atoms with Crippen molar-refractivity contribution < 1.29 is 14.7 Å². The quantitative estimate of drug-likeness (QED) is 0.186. The van der Waals surface area contributed by atoms with Crippen molar-refractivity contribution in [1.82, 2.24) is 5.32 Å². The molecule has 0 saturated heterocycles. The number of fused-ring (bicyclic) bond motifs is 4. The van der Waals surface area contributed by atoms with Crippen LogP contribution in [0.4, 0.5) is 11.4 Å². The number of anilines is 2. The first-order valence-electron chi connectivity index (χ1n) is 12.6. The van der Waals surface area contributed by atoms with Gasteiger partial charge in [-0.3, -0.25) is 14.9 Å². The lowest BCUT2D eigenvalue weighted by Gasteiger charge is -2.34. The van der Waals surface area contributed by atoms with Gasteiger partial charge < -0.3 is 16.6 Å². The monoisotopic (exact) mass is 509 g/mol. The number of hydrogen-bond acceptors (Lipinski definition) is 5. The van der Waals surface area contributed by atoms with E-state index >= 15 is 0 Å². The van der Waals surface area contributed by atoms with Crippen molar-refractivity contribution in [3.8, 4) is 28.0 Å². The molecule has 188 valence electrons. The van der Waals surface area contributed by atoms with E-state index in [1.807, 2.05) is 72.8 Å². The van der Waals surface area contributed by atoms with Crippen LogP contribution in [-0.2, 0) is 5.41 Å². The average Bonchev–Trinajstić information content (AvgIpc) is 3.41. The van der Waals surface area contributed by atoms with Gasteiger partial charge in [-0.2, -0.15) is 0 Å². The Balaban J connectivity index is 1.59. The normalized spacial score (nSPS) is 14.5. The molecule has 0 bridgehead atoms. The van der Waals surface area contributed by atoms with Crippen LogP contribution in [0.15, 0.2) is 103 Å². The zero-order valence-corrected chi connectivity index (χ0v) is 20.7. The Morgan fingerprint density at radius 1 is 0.538 bits per heavy atom. The molecule has 0 radical (unpaired) electrons. The summed E-state index contributed by atoms with van der Waals surface area (Å²) >= 11 is 0. The van der Waals surface area contributed by atoms with Crippen LogP contribution in [-0.4, -0.2) is 16.9 Å². The van der Waals surface area contributed by atoms with Crippen LogP contribution < -0.4 is 16.8 Å². The third-order valence-electron chi connectivity index (χ3n) is 7.92. The summed E-state index contributed by atoms with van der Waals surface area (Å²) in [5.41, 5.74) is 20.4. The summed E-state index contributed by atoms with van der Waals surface area (Å²) in [6, 6.07) is 33.3. The molecule has 6 nitrogen and oxygen atoms in total. The molecule has 0 saturated carbocycles. The first kappa shape index (κ1) is 22.8. The van der Waals surface area contributed by atoms with Gasteiger partial charge in [-0.05, 0) is 75.3 Å². The van der Waals surface area contributed by atoms with E-state index in [4.69, 9.17) is 11.5 Å². The summed E-state index contributed by atoms with van der Waals surface area (Å²) in [6.07, 6.45) is 0. The van der Waals surface area contributed by atoms with Gasteiger partial charge in [-0.15, -0.1) is 0 Å². The van der Waals surface area contributed by atoms with Gasteiger partial charge in [-0.25, -0.2) is 0 Å². The summed E-state index contributed by atoms with van der Waals surface area (Å²) in [7, 11) is 0. The Morgan fingerprint density at radius 2 is 1.10 bits per heavy atom. The standard InChI is InChI=1S/C33H23N3O3/c34-20-12-8-18(9-13-20)33(19-10-14-21(35)15-11-19)26-6-2-1-4-24(26)28-22(5-3-7-27(28)33)23-16-17-25-29(30(23)37)32(39)36-31(25)38/h1-17,37H,34-35H2,(H,36,38,39). The molecule has 0 spiro atoms. The molecule has 5 aromatic rings. The van der Waals surface area contributed by atoms with Crippen LogP contribution in [0.3, 0.4) is 0 Å². The molecule has 0 unspecified atom stereocenters. The number of rotatable bonds is 3. The number of phenolic OH excluding ortho intramolecular Hbond substituents is 1. The van der Waals surface area contributed by atoms with E-state index in [2.05, 4.69) is 23.5 Å². The molecule has 1 heterocycles. The van der Waals surface area contributed by atoms with E-state index in [0.717, 1.165) is 38.9 Å². The lowest BCUT2D eigenvalue weighted by atomic mass is 9.67. The molecule has 0 atom stereocenters. The minimum Gasteiger partial charge on any atom is -0.506 e. The van der Waals surface area contributed by atoms with Crippen molar-refractivity contribution in [3.63, 3.8) is 0 Å². The van der Waals surface area contributed by atoms with Crippen molar-refractivity contribution >= 4 is 23.2 Å². The summed E-state index contributed by atoms with van der Waals surface area (Å²) in [4.78, 5) is 24.7. The zero-order valence-electron chi connectivity index (χ0n) is 20.7. The molecule has 6 heteroatoms. The Labute approximate surface area is 224 Å². The predicted octanol–water partition coefficient (Wildman–Crippen LogP) is 5.47. The molecule has 39 heavy (non-hydrogen) atoms. The molecule has 2 aliphatic rings. The Hall–Kier alpha value is -5.36. The highest BCUT2D eigenvalue weighted by Crippen LogP contribution is 2.59. The highest BCUT2D eigenvalue weighted by Gasteiger charge is 2.47. The van der Waals surface area contributed by atoms with Gasteiger partial charge in [-0.1, -0.05) is 66.7 Å². The number of nitrogens with one attached hydrogen (secondary N) is 1. The molecule has 0 fully saturated rings. The number of amides is 2. The van der Waals surface area contributed by atoms with Gasteiger partial charge in [0.15, 0.2) is 0 Å². The van der Waals surface area contributed by atoms with Crippen LogP contribution in [0, 0.1) is 0 Å². The van der Waals surface area contributed by atoms with Gasteiger partial charge in [0.25, 0.3) is 11.8 Å². The number of phenols is 1. The number of carbonyl (C=O) groups excluding carboxylic acids is 2. The second-order valence-electron chi connectivity index (χ2n) is 9.94. The Kier molecular flexibility index (Phi) is 4.72. The predicted molar refractivity (Wildman–Crippen MR) is 151 cm³/mol. The number of carbonyl (C=O) groups is 2. The van der Waals surface area contributed by atoms with Crippen molar-refractivity contribution in [2.24, 2.45) is 0 Å². The minimum absolute atomic E-state index is 0.00437. The third kappa shape index (κ3) is 3.03. The summed E-state index contributed by atoms with van der Waals surface area (Å²) < 4.78 is 0. The third-order valence-corrected chi connectivity index (χ3v) is 7.92. The molecule has 1 aliphatic heterocycles. The maximum Gasteiger partial charge on any atom is 0.262 e. The van der Waals surface area contributed by atoms with E-state index in [-0.39, 0.29) is 16.9 Å². The molecular formula is C33H23N3O3. The average molecular weight is 510 g/mol. The zero-order chi connectivity index (χ0) is 26.9. The first-order chi connectivity index (χ1) is 18.9. The minimum atomic E-state index is -0.691. The number of aromatic hydroxyl groups is 1. The highest BCUT2D eigenvalue weighted by atomic mass is 16.3. The van der Waals surface area contributed by atoms with Crippen molar-refractivity contribution in [3.05, 3.63) is 137 Å². The van der Waals surface area contributed by atoms with E-state index in [1.54, 1.807) is 12.1 Å². The first-order valence-corrected chi connectivity index (χ1v) is 12.6. The van der Waals surface area contributed by atoms with E-state index in [1.165, 1.54) is 0 Å². The van der Waals surface area contributed by atoms with Gasteiger partial charge in [0.05, 0.1) is 16.5 Å². The number of benzene rings is 5. The fraction of sp³-hybridized carbons (Fsp3) is 0.0303. The summed E-state index contributed by atoms with van der Waals surface area (Å²) in [6.45, 7) is 0. The molecule has 6 N–H and O–H groups in total. The fourth-order valence-corrected chi connectivity index (χ4v) is 6.27. The van der Waals surface area contributed by atoms with Crippen molar-refractivity contribution in [1.29, 1.82) is 0 Å². The lowest BCUT2D eigenvalue weighted by molar-refractivity contribution is 0.0879. The maximum absolute atomic E-state index is 12.5. The van der Waals surface area contributed by atoms with Gasteiger partial charge in [0.2, 0.25) is 0 Å². The van der Waals surface area contributed by atoms with Gasteiger partial charge in [0, 0.05) is 16.9 Å².